The van der Waals surface area contributed by atoms with E-state index in [4.69, 9.17) is 28.2 Å². The van der Waals surface area contributed by atoms with E-state index in [9.17, 15) is 9.59 Å². The molecule has 0 atom stereocenters. The Balaban J connectivity index is 1.42. The molecule has 1 aromatic heterocycles. The lowest BCUT2D eigenvalue weighted by molar-refractivity contribution is -0.131. The standard InChI is InChI=1S/C24H25ClN4O3S/c1-2-5-22(30)29-12-10-28(11-13-29)19-9-8-17(25)15-18(19)26-24(33)27-23(31)21-14-16-6-3-4-7-20(16)32-21/h3-4,6-9,14-15H,2,5,10-13H2,1H3,(H2,26,27,31,33). The summed E-state index contributed by atoms with van der Waals surface area (Å²) in [7, 11) is 0. The second-order valence-electron chi connectivity index (χ2n) is 7.84. The number of fused-ring (bicyclic) bond motifs is 1. The Bertz CT molecular complexity index is 1150. The summed E-state index contributed by atoms with van der Waals surface area (Å²) in [4.78, 5) is 28.9. The number of nitrogens with zero attached hydrogens (tertiary/aromatic N) is 2. The molecule has 0 bridgehead atoms. The second-order valence-corrected chi connectivity index (χ2v) is 8.68. The number of hydrogen-bond donors (Lipinski definition) is 2. The van der Waals surface area contributed by atoms with Crippen molar-refractivity contribution >= 4 is 63.1 Å². The van der Waals surface area contributed by atoms with Crippen LogP contribution < -0.4 is 15.5 Å². The van der Waals surface area contributed by atoms with Crippen LogP contribution in [-0.4, -0.2) is 48.0 Å². The smallest absolute Gasteiger partial charge is 0.293 e. The fourth-order valence-electron chi connectivity index (χ4n) is 3.86. The number of hydrogen-bond acceptors (Lipinski definition) is 5. The van der Waals surface area contributed by atoms with Crippen LogP contribution in [0.3, 0.4) is 0 Å². The van der Waals surface area contributed by atoms with Crippen molar-refractivity contribution in [2.75, 3.05) is 36.4 Å². The molecule has 2 heterocycles. The Kier molecular flexibility index (Phi) is 7.15. The van der Waals surface area contributed by atoms with E-state index in [0.717, 1.165) is 17.5 Å². The number of anilines is 2. The molecule has 4 rings (SSSR count). The van der Waals surface area contributed by atoms with Crippen LogP contribution in [0, 0.1) is 0 Å². The quantitative estimate of drug-likeness (QED) is 0.513. The zero-order chi connectivity index (χ0) is 23.4. The van der Waals surface area contributed by atoms with Gasteiger partial charge in [-0.1, -0.05) is 36.7 Å². The predicted octanol–water partition coefficient (Wildman–Crippen LogP) is 4.66. The first-order valence-electron chi connectivity index (χ1n) is 10.9. The predicted molar refractivity (Wildman–Crippen MR) is 135 cm³/mol. The molecule has 3 aromatic rings. The van der Waals surface area contributed by atoms with Crippen molar-refractivity contribution in [1.82, 2.24) is 10.2 Å². The van der Waals surface area contributed by atoms with Gasteiger partial charge >= 0.3 is 0 Å². The van der Waals surface area contributed by atoms with Gasteiger partial charge in [0.1, 0.15) is 5.58 Å². The lowest BCUT2D eigenvalue weighted by Crippen LogP contribution is -2.49. The molecule has 0 saturated carbocycles. The number of para-hydroxylation sites is 1. The van der Waals surface area contributed by atoms with Gasteiger partial charge in [0, 0.05) is 43.0 Å². The van der Waals surface area contributed by atoms with Crippen molar-refractivity contribution in [3.8, 4) is 0 Å². The minimum Gasteiger partial charge on any atom is -0.451 e. The summed E-state index contributed by atoms with van der Waals surface area (Å²) in [6, 6.07) is 14.6. The molecule has 1 aliphatic rings. The van der Waals surface area contributed by atoms with Gasteiger partial charge in [0.25, 0.3) is 5.91 Å². The number of rotatable bonds is 5. The Morgan fingerprint density at radius 3 is 2.58 bits per heavy atom. The monoisotopic (exact) mass is 484 g/mol. The van der Waals surface area contributed by atoms with Crippen molar-refractivity contribution < 1.29 is 14.0 Å². The van der Waals surface area contributed by atoms with Crippen LogP contribution in [0.5, 0.6) is 0 Å². The van der Waals surface area contributed by atoms with E-state index < -0.39 is 5.91 Å². The maximum absolute atomic E-state index is 12.6. The topological polar surface area (TPSA) is 77.8 Å². The molecule has 9 heteroatoms. The van der Waals surface area contributed by atoms with Crippen molar-refractivity contribution in [2.24, 2.45) is 0 Å². The van der Waals surface area contributed by atoms with Gasteiger partial charge in [0.2, 0.25) is 5.91 Å². The Labute approximate surface area is 202 Å². The largest absolute Gasteiger partial charge is 0.451 e. The van der Waals surface area contributed by atoms with E-state index in [1.807, 2.05) is 42.2 Å². The minimum absolute atomic E-state index is 0.140. The lowest BCUT2D eigenvalue weighted by Gasteiger charge is -2.37. The van der Waals surface area contributed by atoms with Gasteiger partial charge < -0.3 is 19.5 Å². The highest BCUT2D eigenvalue weighted by molar-refractivity contribution is 7.80. The first kappa shape index (κ1) is 23.1. The van der Waals surface area contributed by atoms with Crippen LogP contribution in [0.2, 0.25) is 5.02 Å². The molecular formula is C24H25ClN4O3S. The Morgan fingerprint density at radius 2 is 1.85 bits per heavy atom. The summed E-state index contributed by atoms with van der Waals surface area (Å²) in [5.74, 6) is -0.0593. The normalized spacial score (nSPS) is 13.8. The van der Waals surface area contributed by atoms with Gasteiger partial charge in [-0.2, -0.15) is 0 Å². The van der Waals surface area contributed by atoms with Crippen molar-refractivity contribution in [2.45, 2.75) is 19.8 Å². The number of thiocarbonyl (C=S) groups is 1. The van der Waals surface area contributed by atoms with Crippen LogP contribution in [0.4, 0.5) is 11.4 Å². The molecule has 1 fully saturated rings. The molecule has 2 amide bonds. The highest BCUT2D eigenvalue weighted by Crippen LogP contribution is 2.30. The van der Waals surface area contributed by atoms with Crippen LogP contribution >= 0.6 is 23.8 Å². The van der Waals surface area contributed by atoms with Gasteiger partial charge in [-0.25, -0.2) is 0 Å². The van der Waals surface area contributed by atoms with E-state index in [2.05, 4.69) is 15.5 Å². The number of amides is 2. The average molecular weight is 485 g/mol. The van der Waals surface area contributed by atoms with Crippen molar-refractivity contribution in [1.29, 1.82) is 0 Å². The van der Waals surface area contributed by atoms with Crippen molar-refractivity contribution in [3.05, 3.63) is 59.3 Å². The summed E-state index contributed by atoms with van der Waals surface area (Å²) in [5.41, 5.74) is 2.23. The maximum atomic E-state index is 12.6. The third kappa shape index (κ3) is 5.46. The van der Waals surface area contributed by atoms with Gasteiger partial charge in [-0.3, -0.25) is 14.9 Å². The summed E-state index contributed by atoms with van der Waals surface area (Å²) in [6.07, 6.45) is 1.43. The fourth-order valence-corrected chi connectivity index (χ4v) is 4.24. The third-order valence-corrected chi connectivity index (χ3v) is 5.96. The van der Waals surface area contributed by atoms with Crippen LogP contribution in [0.25, 0.3) is 11.0 Å². The molecule has 2 N–H and O–H groups in total. The summed E-state index contributed by atoms with van der Waals surface area (Å²) < 4.78 is 5.60. The molecule has 172 valence electrons. The first-order chi connectivity index (χ1) is 15.9. The van der Waals surface area contributed by atoms with Gasteiger partial charge in [-0.15, -0.1) is 0 Å². The zero-order valence-corrected chi connectivity index (χ0v) is 19.8. The maximum Gasteiger partial charge on any atom is 0.293 e. The number of carbonyl (C=O) groups excluding carboxylic acids is 2. The summed E-state index contributed by atoms with van der Waals surface area (Å²) >= 11 is 11.6. The summed E-state index contributed by atoms with van der Waals surface area (Å²) in [6.45, 7) is 4.73. The van der Waals surface area contributed by atoms with Crippen LogP contribution in [0.15, 0.2) is 52.9 Å². The van der Waals surface area contributed by atoms with Crippen molar-refractivity contribution in [3.63, 3.8) is 0 Å². The molecule has 1 aliphatic heterocycles. The average Bonchev–Trinajstić information content (AvgIpc) is 3.24. The van der Waals surface area contributed by atoms with E-state index >= 15 is 0 Å². The Hall–Kier alpha value is -3.10. The number of halogens is 1. The highest BCUT2D eigenvalue weighted by atomic mass is 35.5. The molecule has 0 aliphatic carbocycles. The molecule has 7 nitrogen and oxygen atoms in total. The molecule has 33 heavy (non-hydrogen) atoms. The second kappa shape index (κ2) is 10.2. The molecule has 0 unspecified atom stereocenters. The van der Waals surface area contributed by atoms with Crippen LogP contribution in [-0.2, 0) is 4.79 Å². The Morgan fingerprint density at radius 1 is 1.09 bits per heavy atom. The number of nitrogens with one attached hydrogen (secondary N) is 2. The van der Waals surface area contributed by atoms with E-state index in [0.29, 0.717) is 48.9 Å². The lowest BCUT2D eigenvalue weighted by atomic mass is 10.2. The number of carbonyl (C=O) groups is 2. The molecule has 1 saturated heterocycles. The van der Waals surface area contributed by atoms with E-state index in [1.165, 1.54) is 0 Å². The molecule has 0 spiro atoms. The van der Waals surface area contributed by atoms with Gasteiger partial charge in [-0.05, 0) is 49.0 Å². The fraction of sp³-hybridized carbons (Fsp3) is 0.292. The molecule has 0 radical (unpaired) electrons. The number of furan rings is 1. The molecular weight excluding hydrogens is 460 g/mol. The number of benzene rings is 2. The minimum atomic E-state index is -0.435. The zero-order valence-electron chi connectivity index (χ0n) is 18.3. The van der Waals surface area contributed by atoms with E-state index in [1.54, 1.807) is 18.2 Å². The van der Waals surface area contributed by atoms with E-state index in [-0.39, 0.29) is 16.8 Å². The van der Waals surface area contributed by atoms with Crippen LogP contribution in [0.1, 0.15) is 30.3 Å². The number of piperazine rings is 1. The first-order valence-corrected chi connectivity index (χ1v) is 11.7. The SMILES string of the molecule is CCCC(=O)N1CCN(c2ccc(Cl)cc2NC(=S)NC(=O)c2cc3ccccc3o2)CC1. The highest BCUT2D eigenvalue weighted by Gasteiger charge is 2.23. The van der Waals surface area contributed by atoms with Gasteiger partial charge in [0.05, 0.1) is 11.4 Å². The third-order valence-electron chi connectivity index (χ3n) is 5.52. The summed E-state index contributed by atoms with van der Waals surface area (Å²) in [5, 5.41) is 7.28. The molecule has 2 aromatic carbocycles. The van der Waals surface area contributed by atoms with Gasteiger partial charge in [0.15, 0.2) is 10.9 Å².